The van der Waals surface area contributed by atoms with E-state index in [1.54, 1.807) is 0 Å². The number of halogens is 2. The Kier molecular flexibility index (Phi) is 6.28. The van der Waals surface area contributed by atoms with Crippen molar-refractivity contribution in [2.75, 3.05) is 32.8 Å². The molecule has 0 unspecified atom stereocenters. The number of aliphatic hydroxyl groups is 1. The number of nitro benzene ring substituents is 1. The zero-order valence-electron chi connectivity index (χ0n) is 10.8. The van der Waals surface area contributed by atoms with Crippen molar-refractivity contribution in [2.45, 2.75) is 6.04 Å². The fraction of sp³-hybridized carbons (Fsp3) is 0.500. The molecule has 1 aliphatic heterocycles. The second kappa shape index (κ2) is 7.49. The largest absolute Gasteiger partial charge is 0.394 e. The first-order valence-electron chi connectivity index (χ1n) is 6.13. The predicted molar refractivity (Wildman–Crippen MR) is 74.6 cm³/mol. The maximum absolute atomic E-state index is 13.1. The van der Waals surface area contributed by atoms with Gasteiger partial charge in [0.2, 0.25) is 0 Å². The lowest BCUT2D eigenvalue weighted by Crippen LogP contribution is -2.46. The minimum absolute atomic E-state index is 0. The van der Waals surface area contributed by atoms with Gasteiger partial charge in [0.15, 0.2) is 0 Å². The van der Waals surface area contributed by atoms with Gasteiger partial charge in [-0.3, -0.25) is 15.0 Å². The first kappa shape index (κ1) is 16.8. The van der Waals surface area contributed by atoms with Crippen LogP contribution in [-0.4, -0.2) is 47.7 Å². The van der Waals surface area contributed by atoms with Gasteiger partial charge >= 0.3 is 0 Å². The SMILES string of the molecule is Cl.O=[N+]([O-])c1cc(F)ccc1[C@H](CO)N1CCNCC1. The van der Waals surface area contributed by atoms with E-state index < -0.39 is 16.8 Å². The first-order chi connectivity index (χ1) is 9.13. The van der Waals surface area contributed by atoms with Crippen LogP contribution < -0.4 is 5.32 Å². The van der Waals surface area contributed by atoms with Crippen LogP contribution >= 0.6 is 12.4 Å². The van der Waals surface area contributed by atoms with Crippen molar-refractivity contribution in [3.05, 3.63) is 39.7 Å². The molecule has 20 heavy (non-hydrogen) atoms. The van der Waals surface area contributed by atoms with Crippen LogP contribution in [0.25, 0.3) is 0 Å². The lowest BCUT2D eigenvalue weighted by atomic mass is 10.0. The number of piperazine rings is 1. The molecule has 1 atom stereocenters. The predicted octanol–water partition coefficient (Wildman–Crippen LogP) is 1.09. The topological polar surface area (TPSA) is 78.6 Å². The number of benzene rings is 1. The average molecular weight is 306 g/mol. The molecular formula is C12H17ClFN3O3. The van der Waals surface area contributed by atoms with Gasteiger partial charge in [0.25, 0.3) is 5.69 Å². The van der Waals surface area contributed by atoms with Gasteiger partial charge in [-0.15, -0.1) is 12.4 Å². The van der Waals surface area contributed by atoms with Gasteiger partial charge in [0, 0.05) is 31.7 Å². The summed E-state index contributed by atoms with van der Waals surface area (Å²) in [5, 5.41) is 23.7. The van der Waals surface area contributed by atoms with E-state index in [1.807, 2.05) is 4.90 Å². The number of rotatable bonds is 4. The third kappa shape index (κ3) is 3.63. The summed E-state index contributed by atoms with van der Waals surface area (Å²) >= 11 is 0. The van der Waals surface area contributed by atoms with E-state index >= 15 is 0 Å². The van der Waals surface area contributed by atoms with Crippen LogP contribution in [0, 0.1) is 15.9 Å². The van der Waals surface area contributed by atoms with Crippen LogP contribution in [0.5, 0.6) is 0 Å². The fourth-order valence-electron chi connectivity index (χ4n) is 2.36. The molecule has 6 nitrogen and oxygen atoms in total. The molecular weight excluding hydrogens is 289 g/mol. The van der Waals surface area contributed by atoms with Gasteiger partial charge in [-0.05, 0) is 12.1 Å². The van der Waals surface area contributed by atoms with Crippen LogP contribution in [0.2, 0.25) is 0 Å². The molecule has 8 heteroatoms. The van der Waals surface area contributed by atoms with Gasteiger partial charge in [-0.25, -0.2) is 4.39 Å². The normalized spacial score (nSPS) is 17.3. The van der Waals surface area contributed by atoms with Crippen molar-refractivity contribution >= 4 is 18.1 Å². The number of nitrogens with one attached hydrogen (secondary N) is 1. The number of hydrogen-bond donors (Lipinski definition) is 2. The molecule has 0 amide bonds. The van der Waals surface area contributed by atoms with E-state index in [0.29, 0.717) is 18.7 Å². The quantitative estimate of drug-likeness (QED) is 0.643. The molecule has 2 N–H and O–H groups in total. The zero-order chi connectivity index (χ0) is 13.8. The summed E-state index contributed by atoms with van der Waals surface area (Å²) in [6.45, 7) is 2.70. The van der Waals surface area contributed by atoms with E-state index in [1.165, 1.54) is 12.1 Å². The number of hydrogen-bond acceptors (Lipinski definition) is 5. The van der Waals surface area contributed by atoms with Crippen LogP contribution in [0.4, 0.5) is 10.1 Å². The lowest BCUT2D eigenvalue weighted by molar-refractivity contribution is -0.386. The molecule has 0 aromatic heterocycles. The average Bonchev–Trinajstić information content (AvgIpc) is 2.42. The molecule has 1 aliphatic rings. The summed E-state index contributed by atoms with van der Waals surface area (Å²) < 4.78 is 13.1. The number of nitro groups is 1. The van der Waals surface area contributed by atoms with Crippen molar-refractivity contribution < 1.29 is 14.4 Å². The van der Waals surface area contributed by atoms with Crippen molar-refractivity contribution in [3.8, 4) is 0 Å². The molecule has 0 aliphatic carbocycles. The Balaban J connectivity index is 0.00000200. The van der Waals surface area contributed by atoms with Crippen molar-refractivity contribution in [3.63, 3.8) is 0 Å². The highest BCUT2D eigenvalue weighted by atomic mass is 35.5. The monoisotopic (exact) mass is 305 g/mol. The Hall–Kier alpha value is -1.28. The Bertz CT molecular complexity index is 469. The van der Waals surface area contributed by atoms with Gasteiger partial charge in [0.05, 0.1) is 23.6 Å². The standard InChI is InChI=1S/C12H16FN3O3.ClH/c13-9-1-2-10(11(7-9)16(18)19)12(8-17)15-5-3-14-4-6-15;/h1-2,7,12,14,17H,3-6,8H2;1H/t12-;/m0./s1. The molecule has 112 valence electrons. The molecule has 1 saturated heterocycles. The fourth-order valence-corrected chi connectivity index (χ4v) is 2.36. The molecule has 1 aromatic rings. The maximum Gasteiger partial charge on any atom is 0.277 e. The van der Waals surface area contributed by atoms with Gasteiger partial charge in [-0.1, -0.05) is 0 Å². The highest BCUT2D eigenvalue weighted by molar-refractivity contribution is 5.85. The van der Waals surface area contributed by atoms with Gasteiger partial charge in [0.1, 0.15) is 5.82 Å². The summed E-state index contributed by atoms with van der Waals surface area (Å²) in [7, 11) is 0. The summed E-state index contributed by atoms with van der Waals surface area (Å²) in [5.74, 6) is -0.646. The molecule has 2 rings (SSSR count). The molecule has 1 aromatic carbocycles. The highest BCUT2D eigenvalue weighted by Gasteiger charge is 2.28. The maximum atomic E-state index is 13.1. The molecule has 1 fully saturated rings. The zero-order valence-corrected chi connectivity index (χ0v) is 11.6. The Morgan fingerprint density at radius 2 is 2.10 bits per heavy atom. The molecule has 0 spiro atoms. The van der Waals surface area contributed by atoms with Crippen molar-refractivity contribution in [1.82, 2.24) is 10.2 Å². The Labute approximate surface area is 122 Å². The third-order valence-corrected chi connectivity index (χ3v) is 3.31. The first-order valence-corrected chi connectivity index (χ1v) is 6.13. The van der Waals surface area contributed by atoms with Crippen molar-refractivity contribution in [2.24, 2.45) is 0 Å². The molecule has 0 radical (unpaired) electrons. The van der Waals surface area contributed by atoms with E-state index in [9.17, 15) is 19.6 Å². The van der Waals surface area contributed by atoms with E-state index in [-0.39, 0.29) is 24.7 Å². The minimum atomic E-state index is -0.646. The van der Waals surface area contributed by atoms with Crippen molar-refractivity contribution in [1.29, 1.82) is 0 Å². The van der Waals surface area contributed by atoms with Gasteiger partial charge in [-0.2, -0.15) is 0 Å². The van der Waals surface area contributed by atoms with Crippen LogP contribution in [0.15, 0.2) is 18.2 Å². The second-order valence-corrected chi connectivity index (χ2v) is 4.44. The second-order valence-electron chi connectivity index (χ2n) is 4.44. The summed E-state index contributed by atoms with van der Waals surface area (Å²) in [6.07, 6.45) is 0. The Morgan fingerprint density at radius 1 is 1.45 bits per heavy atom. The summed E-state index contributed by atoms with van der Waals surface area (Å²) in [5.41, 5.74) is 0.0772. The minimum Gasteiger partial charge on any atom is -0.394 e. The van der Waals surface area contributed by atoms with E-state index in [4.69, 9.17) is 0 Å². The van der Waals surface area contributed by atoms with Crippen LogP contribution in [-0.2, 0) is 0 Å². The van der Waals surface area contributed by atoms with Gasteiger partial charge < -0.3 is 10.4 Å². The number of aliphatic hydroxyl groups excluding tert-OH is 1. The molecule has 1 heterocycles. The Morgan fingerprint density at radius 3 is 2.65 bits per heavy atom. The van der Waals surface area contributed by atoms with Crippen LogP contribution in [0.1, 0.15) is 11.6 Å². The van der Waals surface area contributed by atoms with E-state index in [0.717, 1.165) is 19.2 Å². The van der Waals surface area contributed by atoms with E-state index in [2.05, 4.69) is 5.32 Å². The number of nitrogens with zero attached hydrogens (tertiary/aromatic N) is 2. The smallest absolute Gasteiger partial charge is 0.277 e. The molecule has 0 saturated carbocycles. The molecule has 0 bridgehead atoms. The van der Waals surface area contributed by atoms with Crippen LogP contribution in [0.3, 0.4) is 0 Å². The summed E-state index contributed by atoms with van der Waals surface area (Å²) in [4.78, 5) is 12.4. The highest BCUT2D eigenvalue weighted by Crippen LogP contribution is 2.29. The summed E-state index contributed by atoms with van der Waals surface area (Å²) in [6, 6.07) is 3.01. The third-order valence-electron chi connectivity index (χ3n) is 3.31. The lowest BCUT2D eigenvalue weighted by Gasteiger charge is -2.33.